The van der Waals surface area contributed by atoms with Crippen LogP contribution in [-0.4, -0.2) is 21.3 Å². The quantitative estimate of drug-likeness (QED) is 0.691. The van der Waals surface area contributed by atoms with E-state index in [1.807, 2.05) is 42.5 Å². The van der Waals surface area contributed by atoms with Crippen molar-refractivity contribution in [2.45, 2.75) is 12.8 Å². The highest BCUT2D eigenvalue weighted by atomic mass is 35.5. The zero-order valence-corrected chi connectivity index (χ0v) is 13.9. The minimum absolute atomic E-state index is 0.231. The first-order chi connectivity index (χ1) is 11.1. The molecule has 0 amide bonds. The number of halogens is 2. The minimum atomic E-state index is 0.231. The molecule has 0 saturated heterocycles. The summed E-state index contributed by atoms with van der Waals surface area (Å²) in [5, 5.41) is 13.7. The highest BCUT2D eigenvalue weighted by Crippen LogP contribution is 2.34. The average Bonchev–Trinajstić information content (AvgIpc) is 2.93. The zero-order chi connectivity index (χ0) is 16.0. The maximum Gasteiger partial charge on any atom is 0.168 e. The molecule has 3 aromatic rings. The van der Waals surface area contributed by atoms with Gasteiger partial charge in [-0.2, -0.15) is 0 Å². The van der Waals surface area contributed by atoms with Gasteiger partial charge in [-0.3, -0.25) is 4.57 Å². The van der Waals surface area contributed by atoms with Crippen molar-refractivity contribution >= 4 is 28.9 Å². The van der Waals surface area contributed by atoms with Gasteiger partial charge in [0.15, 0.2) is 5.82 Å². The Morgan fingerprint density at radius 1 is 1.04 bits per heavy atom. The van der Waals surface area contributed by atoms with Crippen LogP contribution in [0.5, 0.6) is 0 Å². The number of anilines is 1. The number of hydrogen-bond donors (Lipinski definition) is 1. The van der Waals surface area contributed by atoms with E-state index in [9.17, 15) is 0 Å². The van der Waals surface area contributed by atoms with Crippen molar-refractivity contribution < 1.29 is 0 Å². The van der Waals surface area contributed by atoms with Gasteiger partial charge in [-0.1, -0.05) is 30.1 Å². The summed E-state index contributed by atoms with van der Waals surface area (Å²) in [4.78, 5) is 0. The molecule has 0 radical (unpaired) electrons. The Morgan fingerprint density at radius 3 is 2.57 bits per heavy atom. The summed E-state index contributed by atoms with van der Waals surface area (Å²) in [6, 6.07) is 13.4. The van der Waals surface area contributed by atoms with Crippen LogP contribution in [0.1, 0.15) is 18.7 Å². The molecule has 2 aromatic carbocycles. The second kappa shape index (κ2) is 5.55. The standard InChI is InChI=1S/C17H14Cl2N4/c1-10-9-20-14-8-13(19)6-7-15(14)23-16(10)21-22-17(23)11-2-4-12(18)5-3-11/h2-8,10,20H,9H2,1H3/t10-/m1/s1. The first-order valence-corrected chi connectivity index (χ1v) is 8.14. The third-order valence-corrected chi connectivity index (χ3v) is 4.52. The predicted octanol–water partition coefficient (Wildman–Crippen LogP) is 4.77. The number of benzene rings is 2. The number of fused-ring (bicyclic) bond motifs is 3. The fraction of sp³-hybridized carbons (Fsp3) is 0.176. The van der Waals surface area contributed by atoms with Crippen molar-refractivity contribution in [3.63, 3.8) is 0 Å². The van der Waals surface area contributed by atoms with Crippen LogP contribution in [0.2, 0.25) is 10.0 Å². The van der Waals surface area contributed by atoms with Gasteiger partial charge in [0.25, 0.3) is 0 Å². The van der Waals surface area contributed by atoms with Gasteiger partial charge in [0.1, 0.15) is 5.82 Å². The molecule has 1 aromatic heterocycles. The largest absolute Gasteiger partial charge is 0.383 e. The molecule has 6 heteroatoms. The van der Waals surface area contributed by atoms with Crippen molar-refractivity contribution in [2.24, 2.45) is 0 Å². The van der Waals surface area contributed by atoms with Gasteiger partial charge in [-0.05, 0) is 42.5 Å². The lowest BCUT2D eigenvalue weighted by Crippen LogP contribution is -2.09. The molecule has 4 nitrogen and oxygen atoms in total. The summed E-state index contributed by atoms with van der Waals surface area (Å²) < 4.78 is 2.10. The zero-order valence-electron chi connectivity index (χ0n) is 12.4. The molecule has 0 saturated carbocycles. The topological polar surface area (TPSA) is 42.7 Å². The van der Waals surface area contributed by atoms with Crippen molar-refractivity contribution in [3.8, 4) is 17.1 Å². The molecule has 0 fully saturated rings. The molecule has 0 unspecified atom stereocenters. The number of rotatable bonds is 1. The normalized spacial score (nSPS) is 16.2. The van der Waals surface area contributed by atoms with E-state index in [0.29, 0.717) is 10.0 Å². The van der Waals surface area contributed by atoms with Crippen LogP contribution in [0.4, 0.5) is 5.69 Å². The van der Waals surface area contributed by atoms with Crippen LogP contribution < -0.4 is 5.32 Å². The first-order valence-electron chi connectivity index (χ1n) is 7.38. The van der Waals surface area contributed by atoms with Crippen molar-refractivity contribution in [3.05, 3.63) is 58.3 Å². The molecule has 0 bridgehead atoms. The van der Waals surface area contributed by atoms with E-state index in [2.05, 4.69) is 27.0 Å². The summed E-state index contributed by atoms with van der Waals surface area (Å²) in [6.07, 6.45) is 0. The molecule has 0 spiro atoms. The maximum atomic E-state index is 6.15. The Labute approximate surface area is 144 Å². The Kier molecular flexibility index (Phi) is 3.51. The number of nitrogens with one attached hydrogen (secondary N) is 1. The van der Waals surface area contributed by atoms with Crippen LogP contribution in [0, 0.1) is 0 Å². The lowest BCUT2D eigenvalue weighted by Gasteiger charge is -2.12. The fourth-order valence-electron chi connectivity index (χ4n) is 2.84. The SMILES string of the molecule is C[C@@H]1CNc2cc(Cl)ccc2-n2c(-c3ccc(Cl)cc3)nnc21. The van der Waals surface area contributed by atoms with Gasteiger partial charge < -0.3 is 5.32 Å². The van der Waals surface area contributed by atoms with Gasteiger partial charge in [-0.15, -0.1) is 10.2 Å². The third-order valence-electron chi connectivity index (χ3n) is 4.03. The van der Waals surface area contributed by atoms with Gasteiger partial charge in [-0.25, -0.2) is 0 Å². The minimum Gasteiger partial charge on any atom is -0.383 e. The van der Waals surface area contributed by atoms with E-state index >= 15 is 0 Å². The van der Waals surface area contributed by atoms with Gasteiger partial charge in [0.05, 0.1) is 11.4 Å². The number of aromatic nitrogens is 3. The molecule has 2 heterocycles. The molecule has 4 rings (SSSR count). The Bertz CT molecular complexity index is 871. The van der Waals surface area contributed by atoms with Crippen LogP contribution in [0.15, 0.2) is 42.5 Å². The number of hydrogen-bond acceptors (Lipinski definition) is 3. The molecular formula is C17H14Cl2N4. The lowest BCUT2D eigenvalue weighted by atomic mass is 10.1. The molecule has 1 atom stereocenters. The molecule has 1 aliphatic rings. The van der Waals surface area contributed by atoms with E-state index in [0.717, 1.165) is 35.1 Å². The summed E-state index contributed by atoms with van der Waals surface area (Å²) in [6.45, 7) is 2.92. The van der Waals surface area contributed by atoms with Crippen LogP contribution >= 0.6 is 23.2 Å². The van der Waals surface area contributed by atoms with Crippen LogP contribution in [0.3, 0.4) is 0 Å². The molecule has 1 aliphatic heterocycles. The average molecular weight is 345 g/mol. The van der Waals surface area contributed by atoms with Gasteiger partial charge >= 0.3 is 0 Å². The summed E-state index contributed by atoms with van der Waals surface area (Å²) in [7, 11) is 0. The first kappa shape index (κ1) is 14.5. The molecule has 1 N–H and O–H groups in total. The number of nitrogens with zero attached hydrogens (tertiary/aromatic N) is 3. The smallest absolute Gasteiger partial charge is 0.168 e. The van der Waals surface area contributed by atoms with Crippen LogP contribution in [0.25, 0.3) is 17.1 Å². The van der Waals surface area contributed by atoms with Gasteiger partial charge in [0.2, 0.25) is 0 Å². The van der Waals surface area contributed by atoms with Crippen molar-refractivity contribution in [1.82, 2.24) is 14.8 Å². The monoisotopic (exact) mass is 344 g/mol. The summed E-state index contributed by atoms with van der Waals surface area (Å²) in [5.74, 6) is 1.97. The van der Waals surface area contributed by atoms with Crippen LogP contribution in [-0.2, 0) is 0 Å². The Hall–Kier alpha value is -2.04. The third kappa shape index (κ3) is 2.48. The van der Waals surface area contributed by atoms with Crippen molar-refractivity contribution in [1.29, 1.82) is 0 Å². The highest BCUT2D eigenvalue weighted by molar-refractivity contribution is 6.31. The van der Waals surface area contributed by atoms with Crippen molar-refractivity contribution in [2.75, 3.05) is 11.9 Å². The highest BCUT2D eigenvalue weighted by Gasteiger charge is 2.25. The summed E-state index contributed by atoms with van der Waals surface area (Å²) in [5.41, 5.74) is 2.96. The van der Waals surface area contributed by atoms with Gasteiger partial charge in [0, 0.05) is 28.1 Å². The predicted molar refractivity (Wildman–Crippen MR) is 93.7 cm³/mol. The fourth-order valence-corrected chi connectivity index (χ4v) is 3.14. The second-order valence-electron chi connectivity index (χ2n) is 5.67. The molecule has 0 aliphatic carbocycles. The van der Waals surface area contributed by atoms with E-state index < -0.39 is 0 Å². The summed E-state index contributed by atoms with van der Waals surface area (Å²) >= 11 is 12.1. The molecule has 116 valence electrons. The maximum absolute atomic E-state index is 6.15. The Balaban J connectivity index is 1.97. The van der Waals surface area contributed by atoms with E-state index in [1.54, 1.807) is 0 Å². The lowest BCUT2D eigenvalue weighted by molar-refractivity contribution is 0.725. The second-order valence-corrected chi connectivity index (χ2v) is 6.54. The van der Waals surface area contributed by atoms with E-state index in [1.165, 1.54) is 0 Å². The molecular weight excluding hydrogens is 331 g/mol. The molecule has 23 heavy (non-hydrogen) atoms. The van der Waals surface area contributed by atoms with E-state index in [4.69, 9.17) is 23.2 Å². The Morgan fingerprint density at radius 2 is 1.78 bits per heavy atom. The van der Waals surface area contributed by atoms with E-state index in [-0.39, 0.29) is 5.92 Å².